The van der Waals surface area contributed by atoms with Gasteiger partial charge in [0.15, 0.2) is 11.6 Å². The molecule has 12 heavy (non-hydrogen) atoms. The Hall–Kier alpha value is -0.670. The number of hydrogen-bond donors (Lipinski definition) is 1. The van der Waals surface area contributed by atoms with Crippen LogP contribution in [0.4, 0.5) is 5.82 Å². The number of pyridine rings is 1. The van der Waals surface area contributed by atoms with Crippen molar-refractivity contribution in [2.24, 2.45) is 0 Å². The standard InChI is InChI=1S/C7H10N2O.2ClH/c1-8-7-6(10-2)4-3-5-9-7;;/h3-5H,1-2H3,(H,8,9);2*1H. The molecule has 0 aliphatic heterocycles. The van der Waals surface area contributed by atoms with Crippen molar-refractivity contribution in [3.05, 3.63) is 18.3 Å². The third-order valence-corrected chi connectivity index (χ3v) is 1.23. The summed E-state index contributed by atoms with van der Waals surface area (Å²) in [6, 6.07) is 3.69. The summed E-state index contributed by atoms with van der Waals surface area (Å²) in [6.07, 6.45) is 1.72. The molecule has 0 spiro atoms. The zero-order valence-corrected chi connectivity index (χ0v) is 8.54. The number of halogens is 2. The molecule has 0 bridgehead atoms. The predicted octanol–water partition coefficient (Wildman–Crippen LogP) is 1.98. The summed E-state index contributed by atoms with van der Waals surface area (Å²) in [5.41, 5.74) is 0. The van der Waals surface area contributed by atoms with Gasteiger partial charge in [-0.1, -0.05) is 0 Å². The monoisotopic (exact) mass is 210 g/mol. The van der Waals surface area contributed by atoms with E-state index >= 15 is 0 Å². The molecule has 0 atom stereocenters. The fraction of sp³-hybridized carbons (Fsp3) is 0.286. The van der Waals surface area contributed by atoms with E-state index in [1.54, 1.807) is 13.3 Å². The molecule has 0 saturated carbocycles. The van der Waals surface area contributed by atoms with Gasteiger partial charge < -0.3 is 10.1 Å². The number of hydrogen-bond acceptors (Lipinski definition) is 3. The molecule has 1 heterocycles. The van der Waals surface area contributed by atoms with Crippen molar-refractivity contribution in [3.8, 4) is 5.75 Å². The molecule has 0 unspecified atom stereocenters. The van der Waals surface area contributed by atoms with Crippen LogP contribution in [0.1, 0.15) is 0 Å². The Balaban J connectivity index is 0. The van der Waals surface area contributed by atoms with E-state index in [2.05, 4.69) is 10.3 Å². The van der Waals surface area contributed by atoms with E-state index in [1.165, 1.54) is 0 Å². The van der Waals surface area contributed by atoms with Gasteiger partial charge in [-0.2, -0.15) is 0 Å². The molecule has 1 aromatic heterocycles. The highest BCUT2D eigenvalue weighted by molar-refractivity contribution is 5.85. The van der Waals surface area contributed by atoms with E-state index in [0.29, 0.717) is 0 Å². The molecule has 1 N–H and O–H groups in total. The lowest BCUT2D eigenvalue weighted by Crippen LogP contribution is -1.95. The Labute approximate surface area is 84.4 Å². The van der Waals surface area contributed by atoms with E-state index < -0.39 is 0 Å². The van der Waals surface area contributed by atoms with Crippen LogP contribution in [-0.4, -0.2) is 19.1 Å². The maximum atomic E-state index is 5.01. The fourth-order valence-electron chi connectivity index (χ4n) is 0.743. The Morgan fingerprint density at radius 1 is 1.42 bits per heavy atom. The first kappa shape index (κ1) is 13.9. The van der Waals surface area contributed by atoms with Gasteiger partial charge in [0.25, 0.3) is 0 Å². The van der Waals surface area contributed by atoms with Gasteiger partial charge in [-0.3, -0.25) is 0 Å². The van der Waals surface area contributed by atoms with E-state index in [4.69, 9.17) is 4.74 Å². The second-order valence-electron chi connectivity index (χ2n) is 1.80. The molecule has 70 valence electrons. The van der Waals surface area contributed by atoms with Crippen LogP contribution in [0, 0.1) is 0 Å². The van der Waals surface area contributed by atoms with Crippen molar-refractivity contribution in [1.82, 2.24) is 4.98 Å². The molecule has 3 nitrogen and oxygen atoms in total. The van der Waals surface area contributed by atoms with E-state index in [-0.39, 0.29) is 24.8 Å². The summed E-state index contributed by atoms with van der Waals surface area (Å²) in [6.45, 7) is 0. The quantitative estimate of drug-likeness (QED) is 0.811. The molecule has 0 amide bonds. The fourth-order valence-corrected chi connectivity index (χ4v) is 0.743. The van der Waals surface area contributed by atoms with Crippen LogP contribution in [0.3, 0.4) is 0 Å². The maximum absolute atomic E-state index is 5.01. The van der Waals surface area contributed by atoms with Crippen molar-refractivity contribution in [2.75, 3.05) is 19.5 Å². The van der Waals surface area contributed by atoms with Crippen LogP contribution in [-0.2, 0) is 0 Å². The summed E-state index contributed by atoms with van der Waals surface area (Å²) in [5, 5.41) is 2.91. The molecule has 0 aromatic carbocycles. The normalized spacial score (nSPS) is 7.50. The lowest BCUT2D eigenvalue weighted by Gasteiger charge is -2.04. The Morgan fingerprint density at radius 3 is 2.50 bits per heavy atom. The lowest BCUT2D eigenvalue weighted by molar-refractivity contribution is 0.415. The third kappa shape index (κ3) is 3.15. The van der Waals surface area contributed by atoms with Crippen molar-refractivity contribution in [2.45, 2.75) is 0 Å². The Bertz CT molecular complexity index is 197. The minimum atomic E-state index is 0. The number of ether oxygens (including phenoxy) is 1. The van der Waals surface area contributed by atoms with Crippen LogP contribution in [0.5, 0.6) is 5.75 Å². The van der Waals surface area contributed by atoms with Crippen molar-refractivity contribution in [3.63, 3.8) is 0 Å². The summed E-state index contributed by atoms with van der Waals surface area (Å²) < 4.78 is 5.01. The summed E-state index contributed by atoms with van der Waals surface area (Å²) in [4.78, 5) is 4.03. The van der Waals surface area contributed by atoms with E-state index in [1.807, 2.05) is 19.2 Å². The van der Waals surface area contributed by atoms with Gasteiger partial charge in [-0.05, 0) is 12.1 Å². The number of nitrogens with zero attached hydrogens (tertiary/aromatic N) is 1. The first-order chi connectivity index (χ1) is 4.88. The van der Waals surface area contributed by atoms with Gasteiger partial charge in [-0.15, -0.1) is 24.8 Å². The number of anilines is 1. The predicted molar refractivity (Wildman–Crippen MR) is 54.8 cm³/mol. The zero-order chi connectivity index (χ0) is 7.40. The highest BCUT2D eigenvalue weighted by Gasteiger charge is 1.97. The van der Waals surface area contributed by atoms with E-state index in [0.717, 1.165) is 11.6 Å². The van der Waals surface area contributed by atoms with Crippen LogP contribution >= 0.6 is 24.8 Å². The average Bonchev–Trinajstić information content (AvgIpc) is 2.04. The summed E-state index contributed by atoms with van der Waals surface area (Å²) in [5.74, 6) is 1.54. The van der Waals surface area contributed by atoms with Gasteiger partial charge in [0.05, 0.1) is 7.11 Å². The molecule has 0 saturated heterocycles. The van der Waals surface area contributed by atoms with Crippen molar-refractivity contribution in [1.29, 1.82) is 0 Å². The first-order valence-corrected chi connectivity index (χ1v) is 3.05. The lowest BCUT2D eigenvalue weighted by atomic mass is 10.4. The molecule has 5 heteroatoms. The second kappa shape index (κ2) is 7.00. The molecular formula is C7H12Cl2N2O. The largest absolute Gasteiger partial charge is 0.493 e. The SMILES string of the molecule is CNc1ncccc1OC.Cl.Cl. The molecule has 0 radical (unpaired) electrons. The number of methoxy groups -OCH3 is 1. The zero-order valence-electron chi connectivity index (χ0n) is 6.90. The molecule has 1 rings (SSSR count). The summed E-state index contributed by atoms with van der Waals surface area (Å²) in [7, 11) is 3.43. The molecule has 0 aliphatic carbocycles. The smallest absolute Gasteiger partial charge is 0.168 e. The molecule has 0 aliphatic rings. The third-order valence-electron chi connectivity index (χ3n) is 1.23. The highest BCUT2D eigenvalue weighted by atomic mass is 35.5. The summed E-state index contributed by atoms with van der Waals surface area (Å²) >= 11 is 0. The molecular weight excluding hydrogens is 199 g/mol. The van der Waals surface area contributed by atoms with Gasteiger partial charge in [-0.25, -0.2) is 4.98 Å². The average molecular weight is 211 g/mol. The van der Waals surface area contributed by atoms with Crippen molar-refractivity contribution >= 4 is 30.6 Å². The maximum Gasteiger partial charge on any atom is 0.168 e. The van der Waals surface area contributed by atoms with Crippen LogP contribution in [0.2, 0.25) is 0 Å². The minimum Gasteiger partial charge on any atom is -0.493 e. The van der Waals surface area contributed by atoms with E-state index in [9.17, 15) is 0 Å². The number of aromatic nitrogens is 1. The molecule has 1 aromatic rings. The highest BCUT2D eigenvalue weighted by Crippen LogP contribution is 2.18. The van der Waals surface area contributed by atoms with Crippen LogP contribution in [0.15, 0.2) is 18.3 Å². The van der Waals surface area contributed by atoms with Gasteiger partial charge >= 0.3 is 0 Å². The van der Waals surface area contributed by atoms with Crippen LogP contribution in [0.25, 0.3) is 0 Å². The van der Waals surface area contributed by atoms with Gasteiger partial charge in [0.1, 0.15) is 0 Å². The Morgan fingerprint density at radius 2 is 2.08 bits per heavy atom. The molecule has 0 fully saturated rings. The van der Waals surface area contributed by atoms with Gasteiger partial charge in [0, 0.05) is 13.2 Å². The van der Waals surface area contributed by atoms with Crippen molar-refractivity contribution < 1.29 is 4.74 Å². The first-order valence-electron chi connectivity index (χ1n) is 3.05. The minimum absolute atomic E-state index is 0. The second-order valence-corrected chi connectivity index (χ2v) is 1.80. The Kier molecular flexibility index (Phi) is 8.11. The van der Waals surface area contributed by atoms with Gasteiger partial charge in [0.2, 0.25) is 0 Å². The number of nitrogens with one attached hydrogen (secondary N) is 1. The topological polar surface area (TPSA) is 34.2 Å². The number of rotatable bonds is 2. The van der Waals surface area contributed by atoms with Crippen LogP contribution < -0.4 is 10.1 Å².